The molecule has 1 N–H and O–H groups in total. The van der Waals surface area contributed by atoms with Crippen LogP contribution >= 0.6 is 0 Å². The van der Waals surface area contributed by atoms with Crippen LogP contribution in [0.1, 0.15) is 39.5 Å². The summed E-state index contributed by atoms with van der Waals surface area (Å²) in [5.41, 5.74) is 6.26. The molecule has 104 valence electrons. The maximum absolute atomic E-state index is 12.3. The van der Waals surface area contributed by atoms with Crippen molar-refractivity contribution < 1.29 is 4.79 Å². The number of anilines is 1. The summed E-state index contributed by atoms with van der Waals surface area (Å²) in [7, 11) is 0. The first-order chi connectivity index (χ1) is 9.51. The molecule has 2 heteroatoms. The minimum Gasteiger partial charge on any atom is -0.322 e. The van der Waals surface area contributed by atoms with Gasteiger partial charge in [-0.05, 0) is 56.0 Å². The zero-order valence-electron chi connectivity index (χ0n) is 12.6. The van der Waals surface area contributed by atoms with Crippen LogP contribution in [-0.2, 0) is 6.42 Å². The molecule has 1 amide bonds. The van der Waals surface area contributed by atoms with Crippen molar-refractivity contribution in [2.45, 2.75) is 34.1 Å². The van der Waals surface area contributed by atoms with Crippen molar-refractivity contribution in [2.75, 3.05) is 5.32 Å². The van der Waals surface area contributed by atoms with Crippen molar-refractivity contribution in [1.82, 2.24) is 0 Å². The lowest BCUT2D eigenvalue weighted by Gasteiger charge is -2.13. The summed E-state index contributed by atoms with van der Waals surface area (Å²) in [4.78, 5) is 12.3. The lowest BCUT2D eigenvalue weighted by molar-refractivity contribution is 0.102. The summed E-state index contributed by atoms with van der Waals surface area (Å²) in [6, 6.07) is 11.9. The van der Waals surface area contributed by atoms with Crippen LogP contribution in [0.2, 0.25) is 0 Å². The molecule has 0 aliphatic carbocycles. The molecule has 2 aromatic carbocycles. The van der Waals surface area contributed by atoms with E-state index in [4.69, 9.17) is 0 Å². The molecule has 0 unspecified atom stereocenters. The Morgan fingerprint density at radius 1 is 1.00 bits per heavy atom. The summed E-state index contributed by atoms with van der Waals surface area (Å²) in [5.74, 6) is -0.0530. The fourth-order valence-corrected chi connectivity index (χ4v) is 2.45. The highest BCUT2D eigenvalue weighted by molar-refractivity contribution is 6.05. The third-order valence-electron chi connectivity index (χ3n) is 3.54. The van der Waals surface area contributed by atoms with Crippen LogP contribution in [0.3, 0.4) is 0 Å². The topological polar surface area (TPSA) is 29.1 Å². The van der Waals surface area contributed by atoms with Gasteiger partial charge in [0.25, 0.3) is 5.91 Å². The number of hydrogen-bond donors (Lipinski definition) is 1. The van der Waals surface area contributed by atoms with Crippen molar-refractivity contribution in [1.29, 1.82) is 0 Å². The zero-order chi connectivity index (χ0) is 14.7. The Kier molecular flexibility index (Phi) is 4.23. The van der Waals surface area contributed by atoms with Gasteiger partial charge < -0.3 is 5.32 Å². The molecular weight excluding hydrogens is 246 g/mol. The van der Waals surface area contributed by atoms with Gasteiger partial charge in [0.1, 0.15) is 0 Å². The number of aryl methyl sites for hydroxylation is 4. The third-order valence-corrected chi connectivity index (χ3v) is 3.54. The molecular formula is C18H21NO. The zero-order valence-corrected chi connectivity index (χ0v) is 12.6. The van der Waals surface area contributed by atoms with E-state index >= 15 is 0 Å². The van der Waals surface area contributed by atoms with Gasteiger partial charge in [-0.3, -0.25) is 4.79 Å². The number of rotatable bonds is 3. The number of carbonyl (C=O) groups is 1. The number of nitrogens with one attached hydrogen (secondary N) is 1. The fourth-order valence-electron chi connectivity index (χ4n) is 2.45. The predicted molar refractivity (Wildman–Crippen MR) is 84.4 cm³/mol. The van der Waals surface area contributed by atoms with Gasteiger partial charge in [0.15, 0.2) is 0 Å². The number of benzene rings is 2. The summed E-state index contributed by atoms with van der Waals surface area (Å²) < 4.78 is 0. The van der Waals surface area contributed by atoms with E-state index in [1.165, 1.54) is 11.1 Å². The Morgan fingerprint density at radius 2 is 1.55 bits per heavy atom. The highest BCUT2D eigenvalue weighted by Crippen LogP contribution is 2.22. The number of hydrogen-bond acceptors (Lipinski definition) is 1. The SMILES string of the molecule is CCc1ccc(C(=O)Nc2c(C)cc(C)cc2C)cc1. The van der Waals surface area contributed by atoms with Crippen LogP contribution in [0.15, 0.2) is 36.4 Å². The second-order valence-corrected chi connectivity index (χ2v) is 5.28. The Bertz CT molecular complexity index is 603. The monoisotopic (exact) mass is 267 g/mol. The molecule has 2 nitrogen and oxygen atoms in total. The van der Waals surface area contributed by atoms with Gasteiger partial charge in [-0.1, -0.05) is 36.8 Å². The highest BCUT2D eigenvalue weighted by atomic mass is 16.1. The molecule has 0 fully saturated rings. The number of carbonyl (C=O) groups excluding carboxylic acids is 1. The largest absolute Gasteiger partial charge is 0.322 e. The van der Waals surface area contributed by atoms with E-state index in [0.29, 0.717) is 5.56 Å². The van der Waals surface area contributed by atoms with Crippen LogP contribution in [-0.4, -0.2) is 5.91 Å². The molecule has 0 saturated carbocycles. The Morgan fingerprint density at radius 3 is 2.05 bits per heavy atom. The first-order valence-electron chi connectivity index (χ1n) is 6.99. The average molecular weight is 267 g/mol. The predicted octanol–water partition coefficient (Wildman–Crippen LogP) is 4.43. The molecule has 0 spiro atoms. The van der Waals surface area contributed by atoms with Crippen LogP contribution in [0.25, 0.3) is 0 Å². The van der Waals surface area contributed by atoms with Crippen molar-refractivity contribution in [2.24, 2.45) is 0 Å². The van der Waals surface area contributed by atoms with Gasteiger partial charge in [0.05, 0.1) is 0 Å². The highest BCUT2D eigenvalue weighted by Gasteiger charge is 2.10. The van der Waals surface area contributed by atoms with E-state index < -0.39 is 0 Å². The molecule has 0 atom stereocenters. The van der Waals surface area contributed by atoms with Gasteiger partial charge in [-0.2, -0.15) is 0 Å². The van der Waals surface area contributed by atoms with Crippen molar-refractivity contribution >= 4 is 11.6 Å². The Labute approximate surface area is 120 Å². The van der Waals surface area contributed by atoms with E-state index in [9.17, 15) is 4.79 Å². The first kappa shape index (κ1) is 14.3. The normalized spacial score (nSPS) is 10.4. The van der Waals surface area contributed by atoms with Crippen LogP contribution in [0.4, 0.5) is 5.69 Å². The van der Waals surface area contributed by atoms with Gasteiger partial charge in [-0.25, -0.2) is 0 Å². The van der Waals surface area contributed by atoms with E-state index in [1.54, 1.807) is 0 Å². The molecule has 0 aliphatic heterocycles. The molecule has 0 saturated heterocycles. The lowest BCUT2D eigenvalue weighted by Crippen LogP contribution is -2.14. The van der Waals surface area contributed by atoms with E-state index in [-0.39, 0.29) is 5.91 Å². The van der Waals surface area contributed by atoms with Gasteiger partial charge in [-0.15, -0.1) is 0 Å². The minimum absolute atomic E-state index is 0.0530. The molecule has 0 radical (unpaired) electrons. The maximum atomic E-state index is 12.3. The van der Waals surface area contributed by atoms with Crippen molar-refractivity contribution in [3.05, 3.63) is 64.2 Å². The van der Waals surface area contributed by atoms with Crippen molar-refractivity contribution in [3.8, 4) is 0 Å². The minimum atomic E-state index is -0.0530. The van der Waals surface area contributed by atoms with E-state index in [0.717, 1.165) is 23.2 Å². The smallest absolute Gasteiger partial charge is 0.255 e. The summed E-state index contributed by atoms with van der Waals surface area (Å²) in [5, 5.41) is 3.02. The second-order valence-electron chi connectivity index (χ2n) is 5.28. The molecule has 0 aromatic heterocycles. The van der Waals surface area contributed by atoms with Gasteiger partial charge in [0.2, 0.25) is 0 Å². The average Bonchev–Trinajstić information content (AvgIpc) is 2.42. The van der Waals surface area contributed by atoms with Crippen molar-refractivity contribution in [3.63, 3.8) is 0 Å². The van der Waals surface area contributed by atoms with Crippen LogP contribution < -0.4 is 5.32 Å². The number of amides is 1. The molecule has 0 heterocycles. The quantitative estimate of drug-likeness (QED) is 0.876. The molecule has 0 bridgehead atoms. The summed E-state index contributed by atoms with van der Waals surface area (Å²) in [6.45, 7) is 8.22. The van der Waals surface area contributed by atoms with Crippen LogP contribution in [0, 0.1) is 20.8 Å². The maximum Gasteiger partial charge on any atom is 0.255 e. The van der Waals surface area contributed by atoms with Gasteiger partial charge >= 0.3 is 0 Å². The first-order valence-corrected chi connectivity index (χ1v) is 6.99. The third kappa shape index (κ3) is 3.08. The van der Waals surface area contributed by atoms with Crippen LogP contribution in [0.5, 0.6) is 0 Å². The van der Waals surface area contributed by atoms with E-state index in [2.05, 4.69) is 31.3 Å². The molecule has 2 aromatic rings. The molecule has 0 aliphatic rings. The lowest BCUT2D eigenvalue weighted by atomic mass is 10.0. The van der Waals surface area contributed by atoms with E-state index in [1.807, 2.05) is 38.1 Å². The second kappa shape index (κ2) is 5.91. The fraction of sp³-hybridized carbons (Fsp3) is 0.278. The summed E-state index contributed by atoms with van der Waals surface area (Å²) in [6.07, 6.45) is 0.984. The molecule has 20 heavy (non-hydrogen) atoms. The molecule has 2 rings (SSSR count). The standard InChI is InChI=1S/C18H21NO/c1-5-15-6-8-16(9-7-15)18(20)19-17-13(3)10-12(2)11-14(17)4/h6-11H,5H2,1-4H3,(H,19,20). The summed E-state index contributed by atoms with van der Waals surface area (Å²) >= 11 is 0. The Hall–Kier alpha value is -2.09. The Balaban J connectivity index is 2.23. The van der Waals surface area contributed by atoms with Gasteiger partial charge in [0, 0.05) is 11.3 Å².